The number of anilines is 2. The van der Waals surface area contributed by atoms with Crippen LogP contribution in [0.25, 0.3) is 0 Å². The van der Waals surface area contributed by atoms with Crippen LogP contribution in [0.1, 0.15) is 29.6 Å². The minimum Gasteiger partial charge on any atom is -0.490 e. The average Bonchev–Trinajstić information content (AvgIpc) is 2.94. The maximum Gasteiger partial charge on any atom is 0.257 e. The van der Waals surface area contributed by atoms with Gasteiger partial charge < -0.3 is 19.7 Å². The molecule has 1 N–H and O–H groups in total. The molecule has 0 bridgehead atoms. The van der Waals surface area contributed by atoms with Gasteiger partial charge in [0, 0.05) is 36.2 Å². The number of fused-ring (bicyclic) bond motifs is 1. The zero-order valence-electron chi connectivity index (χ0n) is 14.7. The van der Waals surface area contributed by atoms with Gasteiger partial charge in [0.15, 0.2) is 11.5 Å². The molecule has 27 heavy (non-hydrogen) atoms. The van der Waals surface area contributed by atoms with E-state index in [4.69, 9.17) is 21.1 Å². The van der Waals surface area contributed by atoms with Gasteiger partial charge in [-0.25, -0.2) is 0 Å². The van der Waals surface area contributed by atoms with Crippen molar-refractivity contribution in [3.63, 3.8) is 0 Å². The number of nitrogens with one attached hydrogen (secondary N) is 1. The highest BCUT2D eigenvalue weighted by Crippen LogP contribution is 2.33. The van der Waals surface area contributed by atoms with Crippen molar-refractivity contribution in [1.82, 2.24) is 0 Å². The first kappa shape index (κ1) is 17.7. The van der Waals surface area contributed by atoms with E-state index in [0.29, 0.717) is 59.6 Å². The van der Waals surface area contributed by atoms with Gasteiger partial charge in [-0.2, -0.15) is 0 Å². The third kappa shape index (κ3) is 3.71. The molecule has 0 radical (unpaired) electrons. The van der Waals surface area contributed by atoms with Crippen molar-refractivity contribution >= 4 is 34.8 Å². The fourth-order valence-corrected chi connectivity index (χ4v) is 3.43. The van der Waals surface area contributed by atoms with Crippen LogP contribution in [-0.2, 0) is 4.79 Å². The summed E-state index contributed by atoms with van der Waals surface area (Å²) in [6, 6.07) is 10.2. The number of amides is 2. The Hall–Kier alpha value is -2.73. The number of halogens is 1. The molecule has 7 heteroatoms. The summed E-state index contributed by atoms with van der Waals surface area (Å²) in [5.74, 6) is 0.967. The van der Waals surface area contributed by atoms with Gasteiger partial charge in [0.1, 0.15) is 0 Å². The molecule has 140 valence electrons. The summed E-state index contributed by atoms with van der Waals surface area (Å²) in [5.41, 5.74) is 1.54. The maximum atomic E-state index is 12.9. The third-order valence-corrected chi connectivity index (χ3v) is 4.81. The summed E-state index contributed by atoms with van der Waals surface area (Å²) < 4.78 is 11.3. The van der Waals surface area contributed by atoms with Crippen LogP contribution in [0.15, 0.2) is 36.4 Å². The van der Waals surface area contributed by atoms with E-state index in [1.165, 1.54) is 0 Å². The van der Waals surface area contributed by atoms with E-state index in [1.807, 2.05) is 0 Å². The Morgan fingerprint density at radius 2 is 1.85 bits per heavy atom. The number of benzene rings is 2. The van der Waals surface area contributed by atoms with E-state index < -0.39 is 0 Å². The Balaban J connectivity index is 1.60. The second-order valence-corrected chi connectivity index (χ2v) is 6.91. The summed E-state index contributed by atoms with van der Waals surface area (Å²) in [7, 11) is 0. The highest BCUT2D eigenvalue weighted by molar-refractivity contribution is 6.31. The predicted octanol–water partition coefficient (Wildman–Crippen LogP) is 3.88. The number of ether oxygens (including phenoxy) is 2. The third-order valence-electron chi connectivity index (χ3n) is 4.57. The molecule has 0 spiro atoms. The summed E-state index contributed by atoms with van der Waals surface area (Å²) in [6.07, 6.45) is 2.07. The molecule has 4 rings (SSSR count). The predicted molar refractivity (Wildman–Crippen MR) is 103 cm³/mol. The summed E-state index contributed by atoms with van der Waals surface area (Å²) in [4.78, 5) is 26.6. The van der Waals surface area contributed by atoms with Gasteiger partial charge in [-0.3, -0.25) is 9.59 Å². The van der Waals surface area contributed by atoms with Gasteiger partial charge >= 0.3 is 0 Å². The van der Waals surface area contributed by atoms with Gasteiger partial charge in [-0.15, -0.1) is 0 Å². The molecule has 1 saturated heterocycles. The lowest BCUT2D eigenvalue weighted by molar-refractivity contribution is -0.117. The Kier molecular flexibility index (Phi) is 4.90. The van der Waals surface area contributed by atoms with Crippen molar-refractivity contribution < 1.29 is 19.1 Å². The number of rotatable bonds is 3. The molecule has 2 aromatic rings. The average molecular weight is 387 g/mol. The van der Waals surface area contributed by atoms with Crippen molar-refractivity contribution in [2.45, 2.75) is 19.3 Å². The number of hydrogen-bond donors (Lipinski definition) is 1. The lowest BCUT2D eigenvalue weighted by atomic mass is 10.1. The van der Waals surface area contributed by atoms with Crippen molar-refractivity contribution in [1.29, 1.82) is 0 Å². The lowest BCUT2D eigenvalue weighted by Gasteiger charge is -2.20. The lowest BCUT2D eigenvalue weighted by Crippen LogP contribution is -2.27. The molecule has 6 nitrogen and oxygen atoms in total. The van der Waals surface area contributed by atoms with Crippen LogP contribution in [0.4, 0.5) is 11.4 Å². The van der Waals surface area contributed by atoms with Gasteiger partial charge in [-0.1, -0.05) is 11.6 Å². The minimum atomic E-state index is -0.309. The Labute approximate surface area is 162 Å². The van der Waals surface area contributed by atoms with Crippen molar-refractivity contribution in [3.05, 3.63) is 47.0 Å². The molecule has 0 aliphatic carbocycles. The van der Waals surface area contributed by atoms with E-state index in [9.17, 15) is 9.59 Å². The van der Waals surface area contributed by atoms with Crippen LogP contribution < -0.4 is 19.7 Å². The van der Waals surface area contributed by atoms with E-state index in [2.05, 4.69) is 5.32 Å². The first-order valence-corrected chi connectivity index (χ1v) is 9.30. The molecule has 1 fully saturated rings. The number of nitrogens with zero attached hydrogens (tertiary/aromatic N) is 1. The Bertz CT molecular complexity index is 900. The fourth-order valence-electron chi connectivity index (χ4n) is 3.26. The molecule has 0 aromatic heterocycles. The van der Waals surface area contributed by atoms with Crippen molar-refractivity contribution in [2.75, 3.05) is 30.0 Å². The van der Waals surface area contributed by atoms with Crippen LogP contribution in [0.3, 0.4) is 0 Å². The van der Waals surface area contributed by atoms with Gasteiger partial charge in [0.05, 0.1) is 24.5 Å². The molecule has 0 atom stereocenters. The van der Waals surface area contributed by atoms with Crippen LogP contribution in [0.2, 0.25) is 5.02 Å². The quantitative estimate of drug-likeness (QED) is 0.869. The first-order valence-electron chi connectivity index (χ1n) is 8.93. The van der Waals surface area contributed by atoms with Crippen LogP contribution in [-0.4, -0.2) is 31.6 Å². The van der Waals surface area contributed by atoms with E-state index in [1.54, 1.807) is 41.3 Å². The van der Waals surface area contributed by atoms with Crippen molar-refractivity contribution in [2.24, 2.45) is 0 Å². The number of hydrogen-bond acceptors (Lipinski definition) is 4. The smallest absolute Gasteiger partial charge is 0.257 e. The Morgan fingerprint density at radius 3 is 2.63 bits per heavy atom. The molecule has 2 aliphatic rings. The first-order chi connectivity index (χ1) is 13.1. The number of carbonyl (C=O) groups is 2. The minimum absolute atomic E-state index is 0.00176. The monoisotopic (exact) mass is 386 g/mol. The topological polar surface area (TPSA) is 67.9 Å². The summed E-state index contributed by atoms with van der Waals surface area (Å²) >= 11 is 6.10. The van der Waals surface area contributed by atoms with E-state index >= 15 is 0 Å². The Morgan fingerprint density at radius 1 is 1.04 bits per heavy atom. The van der Waals surface area contributed by atoms with Crippen LogP contribution >= 0.6 is 11.6 Å². The summed E-state index contributed by atoms with van der Waals surface area (Å²) in [6.45, 7) is 1.77. The normalized spacial score (nSPS) is 16.2. The van der Waals surface area contributed by atoms with Gasteiger partial charge in [0.2, 0.25) is 5.91 Å². The second-order valence-electron chi connectivity index (χ2n) is 6.48. The fraction of sp³-hybridized carbons (Fsp3) is 0.300. The zero-order valence-corrected chi connectivity index (χ0v) is 15.4. The SMILES string of the molecule is O=C(Nc1ccc2c(c1)OCCCO2)c1ccc(Cl)cc1N1CCCC1=O. The molecular formula is C20H19ClN2O4. The molecule has 2 aromatic carbocycles. The number of carbonyl (C=O) groups excluding carboxylic acids is 2. The maximum absolute atomic E-state index is 12.9. The van der Waals surface area contributed by atoms with Crippen LogP contribution in [0.5, 0.6) is 11.5 Å². The molecule has 2 amide bonds. The molecular weight excluding hydrogens is 368 g/mol. The summed E-state index contributed by atoms with van der Waals surface area (Å²) in [5, 5.41) is 3.35. The molecule has 0 unspecified atom stereocenters. The zero-order chi connectivity index (χ0) is 18.8. The standard InChI is InChI=1S/C20H19ClN2O4/c21-13-4-6-15(16(11-13)23-8-1-3-19(23)24)20(25)22-14-5-7-17-18(12-14)27-10-2-9-26-17/h4-7,11-12H,1-3,8-10H2,(H,22,25). The molecule has 2 heterocycles. The van der Waals surface area contributed by atoms with E-state index in [-0.39, 0.29) is 11.8 Å². The molecule has 0 saturated carbocycles. The van der Waals surface area contributed by atoms with Gasteiger partial charge in [-0.05, 0) is 36.8 Å². The highest BCUT2D eigenvalue weighted by Gasteiger charge is 2.26. The van der Waals surface area contributed by atoms with E-state index in [0.717, 1.165) is 12.8 Å². The van der Waals surface area contributed by atoms with Crippen LogP contribution in [0, 0.1) is 0 Å². The van der Waals surface area contributed by atoms with Crippen molar-refractivity contribution in [3.8, 4) is 11.5 Å². The largest absolute Gasteiger partial charge is 0.490 e. The second kappa shape index (κ2) is 7.48. The molecule has 2 aliphatic heterocycles. The van der Waals surface area contributed by atoms with Gasteiger partial charge in [0.25, 0.3) is 5.91 Å². The highest BCUT2D eigenvalue weighted by atomic mass is 35.5.